The first-order valence-electron chi connectivity index (χ1n) is 9.88. The summed E-state index contributed by atoms with van der Waals surface area (Å²) >= 11 is 1.54. The summed E-state index contributed by atoms with van der Waals surface area (Å²) in [5.41, 5.74) is 4.22. The molecule has 1 aromatic carbocycles. The number of rotatable bonds is 8. The van der Waals surface area contributed by atoms with Crippen LogP contribution in [-0.2, 0) is 17.0 Å². The lowest BCUT2D eigenvalue weighted by molar-refractivity contribution is -0.118. The molecule has 2 aromatic heterocycles. The minimum absolute atomic E-state index is 0.0361. The van der Waals surface area contributed by atoms with E-state index in [0.717, 1.165) is 23.4 Å². The lowest BCUT2D eigenvalue weighted by atomic mass is 10.1. The Balaban J connectivity index is 0.00000145. The Kier molecular flexibility index (Phi) is 9.44. The molecule has 0 aliphatic rings. The first-order chi connectivity index (χ1) is 14.1. The van der Waals surface area contributed by atoms with E-state index in [1.807, 2.05) is 57.2 Å². The quantitative estimate of drug-likeness (QED) is 0.567. The van der Waals surface area contributed by atoms with Crippen LogP contribution in [0, 0.1) is 13.8 Å². The zero-order valence-electron chi connectivity index (χ0n) is 17.6. The number of amides is 1. The standard InChI is InChI=1S/C21H23N3O2S.C2H6/c1-15-3-5-18(6-4-15)21-24-19(16(2)26-21)13-27-14-20(25)23-12-9-17-7-10-22-11-8-17;1-2/h3-8,10-11H,9,12-14H2,1-2H3,(H,23,25);1-2H3. The number of oxazole rings is 1. The van der Waals surface area contributed by atoms with Gasteiger partial charge in [-0.3, -0.25) is 9.78 Å². The van der Waals surface area contributed by atoms with Gasteiger partial charge in [-0.25, -0.2) is 4.98 Å². The Morgan fingerprint density at radius 3 is 2.45 bits per heavy atom. The second-order valence-corrected chi connectivity index (χ2v) is 7.32. The van der Waals surface area contributed by atoms with Crippen LogP contribution in [-0.4, -0.2) is 28.2 Å². The van der Waals surface area contributed by atoms with E-state index in [1.54, 1.807) is 24.2 Å². The van der Waals surface area contributed by atoms with Crippen molar-refractivity contribution in [3.05, 3.63) is 71.4 Å². The molecular weight excluding hydrogens is 382 g/mol. The van der Waals surface area contributed by atoms with Crippen molar-refractivity contribution >= 4 is 17.7 Å². The third kappa shape index (κ3) is 7.38. The molecule has 0 aliphatic heterocycles. The van der Waals surface area contributed by atoms with Gasteiger partial charge in [-0.05, 0) is 50.1 Å². The number of nitrogens with zero attached hydrogens (tertiary/aromatic N) is 2. The van der Waals surface area contributed by atoms with Gasteiger partial charge in [0.25, 0.3) is 0 Å². The lowest BCUT2D eigenvalue weighted by Gasteiger charge is -2.05. The molecule has 1 amide bonds. The maximum Gasteiger partial charge on any atom is 0.230 e. The minimum atomic E-state index is 0.0361. The molecule has 5 nitrogen and oxygen atoms in total. The SMILES string of the molecule is CC.Cc1ccc(-c2nc(CSCC(=O)NCCc3ccncc3)c(C)o2)cc1. The maximum absolute atomic E-state index is 12.0. The van der Waals surface area contributed by atoms with Crippen LogP contribution in [0.3, 0.4) is 0 Å². The highest BCUT2D eigenvalue weighted by Gasteiger charge is 2.12. The largest absolute Gasteiger partial charge is 0.441 e. The van der Waals surface area contributed by atoms with Crippen molar-refractivity contribution in [3.63, 3.8) is 0 Å². The average Bonchev–Trinajstić information content (AvgIpc) is 3.11. The zero-order chi connectivity index (χ0) is 21.1. The average molecular weight is 412 g/mol. The van der Waals surface area contributed by atoms with Crippen molar-refractivity contribution in [2.45, 2.75) is 39.9 Å². The van der Waals surface area contributed by atoms with Crippen molar-refractivity contribution < 1.29 is 9.21 Å². The first kappa shape index (κ1) is 22.7. The zero-order valence-corrected chi connectivity index (χ0v) is 18.4. The molecule has 0 saturated heterocycles. The van der Waals surface area contributed by atoms with Crippen LogP contribution < -0.4 is 5.32 Å². The summed E-state index contributed by atoms with van der Waals surface area (Å²) in [6, 6.07) is 12.0. The second-order valence-electron chi connectivity index (χ2n) is 6.34. The molecule has 6 heteroatoms. The lowest BCUT2D eigenvalue weighted by Crippen LogP contribution is -2.27. The maximum atomic E-state index is 12.0. The fourth-order valence-electron chi connectivity index (χ4n) is 2.57. The van der Waals surface area contributed by atoms with Gasteiger partial charge in [0, 0.05) is 30.3 Å². The number of pyridine rings is 1. The van der Waals surface area contributed by atoms with E-state index in [2.05, 4.69) is 22.2 Å². The number of aryl methyl sites for hydroxylation is 2. The van der Waals surface area contributed by atoms with Crippen molar-refractivity contribution in [1.29, 1.82) is 0 Å². The summed E-state index contributed by atoms with van der Waals surface area (Å²) in [6.07, 6.45) is 4.33. The topological polar surface area (TPSA) is 68.0 Å². The molecular formula is C23H29N3O2S. The van der Waals surface area contributed by atoms with Crippen molar-refractivity contribution in [3.8, 4) is 11.5 Å². The fraction of sp³-hybridized carbons (Fsp3) is 0.348. The highest BCUT2D eigenvalue weighted by atomic mass is 32.2. The smallest absolute Gasteiger partial charge is 0.230 e. The number of carbonyl (C=O) groups is 1. The summed E-state index contributed by atoms with van der Waals surface area (Å²) in [6.45, 7) is 8.59. The van der Waals surface area contributed by atoms with Crippen LogP contribution in [0.15, 0.2) is 53.2 Å². The van der Waals surface area contributed by atoms with Crippen LogP contribution in [0.1, 0.15) is 36.4 Å². The predicted molar refractivity (Wildman–Crippen MR) is 120 cm³/mol. The Morgan fingerprint density at radius 1 is 1.07 bits per heavy atom. The van der Waals surface area contributed by atoms with Crippen LogP contribution in [0.25, 0.3) is 11.5 Å². The van der Waals surface area contributed by atoms with Crippen LogP contribution >= 0.6 is 11.8 Å². The molecule has 2 heterocycles. The summed E-state index contributed by atoms with van der Waals surface area (Å²) in [5, 5.41) is 2.94. The summed E-state index contributed by atoms with van der Waals surface area (Å²) in [5.74, 6) is 2.52. The molecule has 0 atom stereocenters. The number of carbonyl (C=O) groups excluding carboxylic acids is 1. The Morgan fingerprint density at radius 2 is 1.76 bits per heavy atom. The molecule has 0 aliphatic carbocycles. The van der Waals surface area contributed by atoms with E-state index in [9.17, 15) is 4.79 Å². The first-order valence-corrected chi connectivity index (χ1v) is 11.0. The Labute approximate surface area is 177 Å². The van der Waals surface area contributed by atoms with Gasteiger partial charge in [0.05, 0.1) is 11.4 Å². The molecule has 0 saturated carbocycles. The molecule has 0 bridgehead atoms. The highest BCUT2D eigenvalue weighted by molar-refractivity contribution is 7.99. The van der Waals surface area contributed by atoms with Crippen molar-refractivity contribution in [1.82, 2.24) is 15.3 Å². The molecule has 29 heavy (non-hydrogen) atoms. The molecule has 0 radical (unpaired) electrons. The van der Waals surface area contributed by atoms with Crippen molar-refractivity contribution in [2.24, 2.45) is 0 Å². The van der Waals surface area contributed by atoms with Crippen LogP contribution in [0.5, 0.6) is 0 Å². The minimum Gasteiger partial charge on any atom is -0.441 e. The van der Waals surface area contributed by atoms with E-state index in [1.165, 1.54) is 11.1 Å². The molecule has 1 N–H and O–H groups in total. The van der Waals surface area contributed by atoms with Gasteiger partial charge in [0.1, 0.15) is 5.76 Å². The Hall–Kier alpha value is -2.60. The summed E-state index contributed by atoms with van der Waals surface area (Å²) < 4.78 is 5.78. The number of benzene rings is 1. The van der Waals surface area contributed by atoms with Crippen molar-refractivity contribution in [2.75, 3.05) is 12.3 Å². The normalized spacial score (nSPS) is 10.2. The number of nitrogens with one attached hydrogen (secondary N) is 1. The summed E-state index contributed by atoms with van der Waals surface area (Å²) in [4.78, 5) is 20.5. The van der Waals surface area contributed by atoms with Gasteiger partial charge in [0.15, 0.2) is 0 Å². The third-order valence-corrected chi connectivity index (χ3v) is 5.09. The molecule has 3 rings (SSSR count). The van der Waals surface area contributed by atoms with Gasteiger partial charge in [-0.1, -0.05) is 31.5 Å². The predicted octanol–water partition coefficient (Wildman–Crippen LogP) is 4.97. The van der Waals surface area contributed by atoms with E-state index < -0.39 is 0 Å². The van der Waals surface area contributed by atoms with E-state index in [4.69, 9.17) is 4.42 Å². The van der Waals surface area contributed by atoms with Crippen LogP contribution in [0.4, 0.5) is 0 Å². The van der Waals surface area contributed by atoms with E-state index >= 15 is 0 Å². The number of thioether (sulfide) groups is 1. The number of aromatic nitrogens is 2. The molecule has 0 fully saturated rings. The van der Waals surface area contributed by atoms with Gasteiger partial charge in [-0.15, -0.1) is 11.8 Å². The number of hydrogen-bond acceptors (Lipinski definition) is 5. The van der Waals surface area contributed by atoms with Gasteiger partial charge < -0.3 is 9.73 Å². The van der Waals surface area contributed by atoms with Crippen LogP contribution in [0.2, 0.25) is 0 Å². The van der Waals surface area contributed by atoms with E-state index in [0.29, 0.717) is 23.9 Å². The Bertz CT molecular complexity index is 877. The fourth-order valence-corrected chi connectivity index (χ4v) is 3.42. The second kappa shape index (κ2) is 12.1. The van der Waals surface area contributed by atoms with Gasteiger partial charge in [0.2, 0.25) is 11.8 Å². The summed E-state index contributed by atoms with van der Waals surface area (Å²) in [7, 11) is 0. The molecule has 0 unspecified atom stereocenters. The van der Waals surface area contributed by atoms with Gasteiger partial charge >= 0.3 is 0 Å². The highest BCUT2D eigenvalue weighted by Crippen LogP contribution is 2.24. The van der Waals surface area contributed by atoms with Gasteiger partial charge in [-0.2, -0.15) is 0 Å². The third-order valence-electron chi connectivity index (χ3n) is 4.15. The number of hydrogen-bond donors (Lipinski definition) is 1. The molecule has 0 spiro atoms. The molecule has 3 aromatic rings. The van der Waals surface area contributed by atoms with E-state index in [-0.39, 0.29) is 5.91 Å². The molecule has 154 valence electrons. The monoisotopic (exact) mass is 411 g/mol.